The van der Waals surface area contributed by atoms with E-state index < -0.39 is 0 Å². The molecule has 0 spiro atoms. The fourth-order valence-corrected chi connectivity index (χ4v) is 3.50. The highest BCUT2D eigenvalue weighted by atomic mass is 35.5. The van der Waals surface area contributed by atoms with Gasteiger partial charge in [-0.05, 0) is 30.3 Å². The highest BCUT2D eigenvalue weighted by Gasteiger charge is 2.22. The number of anilines is 5. The first-order chi connectivity index (χ1) is 14.2. The molecule has 4 rings (SSSR count). The first-order valence-corrected chi connectivity index (χ1v) is 9.65. The highest BCUT2D eigenvalue weighted by molar-refractivity contribution is 6.31. The molecule has 1 saturated heterocycles. The van der Waals surface area contributed by atoms with E-state index in [4.69, 9.17) is 22.1 Å². The lowest BCUT2D eigenvalue weighted by Gasteiger charge is -2.36. The average Bonchev–Trinajstić information content (AvgIpc) is 2.76. The summed E-state index contributed by atoms with van der Waals surface area (Å²) in [6, 6.07) is 11.3. The molecule has 1 aliphatic rings. The molecule has 0 saturated carbocycles. The quantitative estimate of drug-likeness (QED) is 0.661. The molecule has 3 heterocycles. The van der Waals surface area contributed by atoms with Gasteiger partial charge in [-0.3, -0.25) is 0 Å². The number of hydrogen-bond acceptors (Lipinski definition) is 8. The Kier molecular flexibility index (Phi) is 5.53. The third-order valence-electron chi connectivity index (χ3n) is 4.83. The lowest BCUT2D eigenvalue weighted by atomic mass is 10.2. The summed E-state index contributed by atoms with van der Waals surface area (Å²) in [4.78, 5) is 17.6. The molecule has 8 nitrogen and oxygen atoms in total. The van der Waals surface area contributed by atoms with E-state index in [-0.39, 0.29) is 0 Å². The van der Waals surface area contributed by atoms with E-state index in [2.05, 4.69) is 30.1 Å². The first kappa shape index (κ1) is 19.1. The summed E-state index contributed by atoms with van der Waals surface area (Å²) in [7, 11) is 1.60. The van der Waals surface area contributed by atoms with Gasteiger partial charge in [0.2, 0.25) is 0 Å². The molecular formula is C20H22ClN7O. The number of hydrogen-bond donors (Lipinski definition) is 2. The van der Waals surface area contributed by atoms with Gasteiger partial charge in [-0.25, -0.2) is 15.0 Å². The molecule has 2 aromatic heterocycles. The molecule has 0 radical (unpaired) electrons. The van der Waals surface area contributed by atoms with E-state index in [1.54, 1.807) is 25.3 Å². The van der Waals surface area contributed by atoms with Crippen molar-refractivity contribution in [3.63, 3.8) is 0 Å². The van der Waals surface area contributed by atoms with Crippen LogP contribution in [0.5, 0.6) is 5.75 Å². The Bertz CT molecular complexity index is 978. The van der Waals surface area contributed by atoms with Crippen LogP contribution in [-0.2, 0) is 0 Å². The van der Waals surface area contributed by atoms with Crippen molar-refractivity contribution in [2.75, 3.05) is 54.1 Å². The largest absolute Gasteiger partial charge is 0.495 e. The van der Waals surface area contributed by atoms with Gasteiger partial charge in [-0.15, -0.1) is 0 Å². The van der Waals surface area contributed by atoms with Gasteiger partial charge in [0.25, 0.3) is 0 Å². The SMILES string of the molecule is COc1ccc(Cl)cc1Nc1ncnc(N2CCN(c3ccccn3)CC2)c1N. The van der Waals surface area contributed by atoms with Crippen molar-refractivity contribution in [2.24, 2.45) is 0 Å². The van der Waals surface area contributed by atoms with Crippen LogP contribution in [-0.4, -0.2) is 48.2 Å². The van der Waals surface area contributed by atoms with E-state index in [9.17, 15) is 0 Å². The molecule has 3 N–H and O–H groups in total. The van der Waals surface area contributed by atoms with Gasteiger partial charge in [0, 0.05) is 37.4 Å². The fourth-order valence-electron chi connectivity index (χ4n) is 3.33. The van der Waals surface area contributed by atoms with Gasteiger partial charge >= 0.3 is 0 Å². The molecule has 150 valence electrons. The van der Waals surface area contributed by atoms with Crippen molar-refractivity contribution in [1.82, 2.24) is 15.0 Å². The number of ether oxygens (including phenoxy) is 1. The van der Waals surface area contributed by atoms with Crippen LogP contribution in [0.25, 0.3) is 0 Å². The number of pyridine rings is 1. The number of nitrogens with zero attached hydrogens (tertiary/aromatic N) is 5. The smallest absolute Gasteiger partial charge is 0.159 e. The molecule has 0 unspecified atom stereocenters. The molecule has 29 heavy (non-hydrogen) atoms. The van der Waals surface area contributed by atoms with Gasteiger partial charge in [0.15, 0.2) is 11.6 Å². The monoisotopic (exact) mass is 411 g/mol. The Morgan fingerprint density at radius 3 is 2.55 bits per heavy atom. The second-order valence-corrected chi connectivity index (χ2v) is 7.03. The fraction of sp³-hybridized carbons (Fsp3) is 0.250. The van der Waals surface area contributed by atoms with Gasteiger partial charge in [0.1, 0.15) is 23.6 Å². The number of aromatic nitrogens is 3. The number of benzene rings is 1. The second kappa shape index (κ2) is 8.40. The minimum atomic E-state index is 0.487. The Hall–Kier alpha value is -3.26. The van der Waals surface area contributed by atoms with Crippen LogP contribution in [0.2, 0.25) is 5.02 Å². The summed E-state index contributed by atoms with van der Waals surface area (Å²) >= 11 is 6.12. The molecule has 9 heteroatoms. The number of nitrogens with one attached hydrogen (secondary N) is 1. The van der Waals surface area contributed by atoms with Gasteiger partial charge in [-0.1, -0.05) is 17.7 Å². The van der Waals surface area contributed by atoms with Crippen LogP contribution in [0.4, 0.5) is 28.8 Å². The molecule has 0 aliphatic carbocycles. The molecule has 1 aliphatic heterocycles. The van der Waals surface area contributed by atoms with E-state index in [0.717, 1.165) is 32.0 Å². The standard InChI is InChI=1S/C20H22ClN7O/c1-29-16-6-5-14(21)12-15(16)26-19-18(22)20(25-13-24-19)28-10-8-27(9-11-28)17-4-2-3-7-23-17/h2-7,12-13H,8-11,22H2,1H3,(H,24,25,26). The van der Waals surface area contributed by atoms with Crippen molar-refractivity contribution in [3.8, 4) is 5.75 Å². The summed E-state index contributed by atoms with van der Waals surface area (Å²) in [5, 5.41) is 3.80. The molecule has 1 fully saturated rings. The lowest BCUT2D eigenvalue weighted by Crippen LogP contribution is -2.47. The molecule has 0 bridgehead atoms. The van der Waals surface area contributed by atoms with E-state index >= 15 is 0 Å². The number of halogens is 1. The highest BCUT2D eigenvalue weighted by Crippen LogP contribution is 2.34. The van der Waals surface area contributed by atoms with Crippen LogP contribution in [0.1, 0.15) is 0 Å². The third kappa shape index (κ3) is 4.12. The summed E-state index contributed by atoms with van der Waals surface area (Å²) in [5.74, 6) is 2.86. The van der Waals surface area contributed by atoms with Crippen molar-refractivity contribution in [1.29, 1.82) is 0 Å². The second-order valence-electron chi connectivity index (χ2n) is 6.59. The first-order valence-electron chi connectivity index (χ1n) is 9.27. The number of nitrogens with two attached hydrogens (primary N) is 1. The van der Waals surface area contributed by atoms with Crippen molar-refractivity contribution in [3.05, 3.63) is 53.9 Å². The average molecular weight is 412 g/mol. The number of rotatable bonds is 5. The summed E-state index contributed by atoms with van der Waals surface area (Å²) in [6.07, 6.45) is 3.32. The molecular weight excluding hydrogens is 390 g/mol. The zero-order chi connectivity index (χ0) is 20.2. The van der Waals surface area contributed by atoms with Crippen molar-refractivity contribution in [2.45, 2.75) is 0 Å². The lowest BCUT2D eigenvalue weighted by molar-refractivity contribution is 0.417. The predicted molar refractivity (Wildman–Crippen MR) is 116 cm³/mol. The number of piperazine rings is 1. The maximum Gasteiger partial charge on any atom is 0.159 e. The van der Waals surface area contributed by atoms with Crippen LogP contribution in [0.15, 0.2) is 48.9 Å². The van der Waals surface area contributed by atoms with Crippen molar-refractivity contribution >= 4 is 40.4 Å². The maximum atomic E-state index is 6.41. The predicted octanol–water partition coefficient (Wildman–Crippen LogP) is 3.19. The van der Waals surface area contributed by atoms with Gasteiger partial charge in [-0.2, -0.15) is 0 Å². The van der Waals surface area contributed by atoms with Gasteiger partial charge in [0.05, 0.1) is 12.8 Å². The van der Waals surface area contributed by atoms with Crippen LogP contribution < -0.4 is 25.6 Å². The molecule has 0 atom stereocenters. The summed E-state index contributed by atoms with van der Waals surface area (Å²) in [5.41, 5.74) is 7.59. The van der Waals surface area contributed by atoms with E-state index in [1.807, 2.05) is 24.4 Å². The van der Waals surface area contributed by atoms with Crippen LogP contribution in [0.3, 0.4) is 0 Å². The molecule has 1 aromatic carbocycles. The minimum absolute atomic E-state index is 0.487. The van der Waals surface area contributed by atoms with Crippen LogP contribution >= 0.6 is 11.6 Å². The zero-order valence-corrected chi connectivity index (χ0v) is 16.8. The van der Waals surface area contributed by atoms with E-state index in [1.165, 1.54) is 6.33 Å². The Labute approximate surface area is 174 Å². The number of nitrogen functional groups attached to an aromatic ring is 1. The minimum Gasteiger partial charge on any atom is -0.495 e. The Morgan fingerprint density at radius 2 is 1.83 bits per heavy atom. The summed E-state index contributed by atoms with van der Waals surface area (Å²) in [6.45, 7) is 3.26. The maximum absolute atomic E-state index is 6.41. The van der Waals surface area contributed by atoms with Crippen molar-refractivity contribution < 1.29 is 4.74 Å². The Balaban J connectivity index is 1.51. The third-order valence-corrected chi connectivity index (χ3v) is 5.07. The van der Waals surface area contributed by atoms with Gasteiger partial charge < -0.3 is 25.6 Å². The zero-order valence-electron chi connectivity index (χ0n) is 16.0. The topological polar surface area (TPSA) is 92.4 Å². The van der Waals surface area contributed by atoms with Crippen LogP contribution in [0, 0.1) is 0 Å². The molecule has 0 amide bonds. The van der Waals surface area contributed by atoms with E-state index in [0.29, 0.717) is 33.8 Å². The number of methoxy groups -OCH3 is 1. The summed E-state index contributed by atoms with van der Waals surface area (Å²) < 4.78 is 5.39. The molecule has 3 aromatic rings. The Morgan fingerprint density at radius 1 is 1.03 bits per heavy atom. The normalized spacial score (nSPS) is 14.0.